The lowest BCUT2D eigenvalue weighted by Gasteiger charge is -2.20. The molecule has 0 saturated carbocycles. The van der Waals surface area contributed by atoms with E-state index >= 15 is 0 Å². The Hall–Kier alpha value is -1.55. The molecule has 1 aromatic carbocycles. The number of anilines is 1. The maximum Gasteiger partial charge on any atom is 0.298 e. The summed E-state index contributed by atoms with van der Waals surface area (Å²) in [6.07, 6.45) is 0. The van der Waals surface area contributed by atoms with Crippen LogP contribution in [-0.4, -0.2) is 24.6 Å². The summed E-state index contributed by atoms with van der Waals surface area (Å²) >= 11 is 0. The normalized spacial score (nSPS) is 13.0. The smallest absolute Gasteiger partial charge is 0.298 e. The number of nitrogens with two attached hydrogens (primary N) is 1. The molecule has 0 amide bonds. The van der Waals surface area contributed by atoms with Crippen molar-refractivity contribution in [1.82, 2.24) is 4.98 Å². The second-order valence-corrected chi connectivity index (χ2v) is 4.11. The van der Waals surface area contributed by atoms with E-state index in [9.17, 15) is 0 Å². The van der Waals surface area contributed by atoms with Crippen molar-refractivity contribution in [3.63, 3.8) is 0 Å². The van der Waals surface area contributed by atoms with Crippen LogP contribution >= 0.6 is 0 Å². The van der Waals surface area contributed by atoms with Crippen LogP contribution in [0.4, 0.5) is 6.01 Å². The van der Waals surface area contributed by atoms with Gasteiger partial charge >= 0.3 is 0 Å². The summed E-state index contributed by atoms with van der Waals surface area (Å²) in [7, 11) is 1.94. The van der Waals surface area contributed by atoms with Gasteiger partial charge in [0.25, 0.3) is 6.01 Å². The maximum absolute atomic E-state index is 5.69. The molecule has 1 heterocycles. The SMILES string of the molecule is Cc1cccc2oc(N(C)C(C)CN)nc12. The highest BCUT2D eigenvalue weighted by atomic mass is 16.4. The first-order chi connectivity index (χ1) is 7.63. The quantitative estimate of drug-likeness (QED) is 0.856. The van der Waals surface area contributed by atoms with Gasteiger partial charge < -0.3 is 15.1 Å². The van der Waals surface area contributed by atoms with Gasteiger partial charge in [-0.2, -0.15) is 4.98 Å². The molecule has 86 valence electrons. The molecule has 2 N–H and O–H groups in total. The van der Waals surface area contributed by atoms with E-state index in [2.05, 4.69) is 4.98 Å². The van der Waals surface area contributed by atoms with Crippen LogP contribution in [0.15, 0.2) is 22.6 Å². The molecule has 4 nitrogen and oxygen atoms in total. The number of rotatable bonds is 3. The molecule has 1 atom stereocenters. The van der Waals surface area contributed by atoms with Gasteiger partial charge in [-0.15, -0.1) is 0 Å². The van der Waals surface area contributed by atoms with E-state index in [-0.39, 0.29) is 6.04 Å². The van der Waals surface area contributed by atoms with E-state index in [0.717, 1.165) is 16.7 Å². The molecule has 1 unspecified atom stereocenters. The molecule has 2 rings (SSSR count). The van der Waals surface area contributed by atoms with E-state index in [4.69, 9.17) is 10.2 Å². The van der Waals surface area contributed by atoms with Gasteiger partial charge in [0.15, 0.2) is 5.58 Å². The van der Waals surface area contributed by atoms with Crippen LogP contribution in [-0.2, 0) is 0 Å². The standard InChI is InChI=1S/C12H17N3O/c1-8-5-4-6-10-11(8)14-12(16-10)15(3)9(2)7-13/h4-6,9H,7,13H2,1-3H3. The topological polar surface area (TPSA) is 55.3 Å². The Balaban J connectivity index is 2.43. The number of hydrogen-bond acceptors (Lipinski definition) is 4. The van der Waals surface area contributed by atoms with Gasteiger partial charge in [-0.3, -0.25) is 0 Å². The number of likely N-dealkylation sites (N-methyl/N-ethyl adjacent to an activating group) is 1. The first-order valence-corrected chi connectivity index (χ1v) is 5.42. The number of benzene rings is 1. The summed E-state index contributed by atoms with van der Waals surface area (Å²) in [5.41, 5.74) is 8.50. The molecule has 0 aliphatic heterocycles. The average molecular weight is 219 g/mol. The zero-order valence-corrected chi connectivity index (χ0v) is 9.90. The molecule has 0 bridgehead atoms. The van der Waals surface area contributed by atoms with E-state index in [1.165, 1.54) is 0 Å². The van der Waals surface area contributed by atoms with Crippen LogP contribution in [0.5, 0.6) is 0 Å². The molecule has 1 aromatic heterocycles. The summed E-state index contributed by atoms with van der Waals surface area (Å²) in [5, 5.41) is 0. The second kappa shape index (κ2) is 4.14. The minimum atomic E-state index is 0.216. The third-order valence-corrected chi connectivity index (χ3v) is 2.91. The number of oxazole rings is 1. The predicted molar refractivity (Wildman–Crippen MR) is 65.7 cm³/mol. The van der Waals surface area contributed by atoms with Crippen molar-refractivity contribution in [2.45, 2.75) is 19.9 Å². The minimum absolute atomic E-state index is 0.216. The van der Waals surface area contributed by atoms with Crippen LogP contribution in [0.3, 0.4) is 0 Å². The van der Waals surface area contributed by atoms with Crippen molar-refractivity contribution in [3.8, 4) is 0 Å². The zero-order chi connectivity index (χ0) is 11.7. The van der Waals surface area contributed by atoms with Crippen LogP contribution in [0.25, 0.3) is 11.1 Å². The molecule has 4 heteroatoms. The Morgan fingerprint density at radius 2 is 2.25 bits per heavy atom. The highest BCUT2D eigenvalue weighted by Gasteiger charge is 2.15. The molecular formula is C12H17N3O. The van der Waals surface area contributed by atoms with E-state index < -0.39 is 0 Å². The van der Waals surface area contributed by atoms with Gasteiger partial charge in [0.1, 0.15) is 5.52 Å². The van der Waals surface area contributed by atoms with Gasteiger partial charge in [0.05, 0.1) is 0 Å². The molecule has 0 saturated heterocycles. The van der Waals surface area contributed by atoms with Crippen LogP contribution < -0.4 is 10.6 Å². The van der Waals surface area contributed by atoms with Crippen molar-refractivity contribution in [3.05, 3.63) is 23.8 Å². The number of aryl methyl sites for hydroxylation is 1. The summed E-state index contributed by atoms with van der Waals surface area (Å²) in [6, 6.07) is 6.77. The van der Waals surface area contributed by atoms with Crippen LogP contribution in [0.1, 0.15) is 12.5 Å². The number of nitrogens with zero attached hydrogens (tertiary/aromatic N) is 2. The van der Waals surface area contributed by atoms with Crippen LogP contribution in [0.2, 0.25) is 0 Å². The lowest BCUT2D eigenvalue weighted by molar-refractivity contribution is 0.551. The molecule has 0 aliphatic rings. The van der Waals surface area contributed by atoms with E-state index in [0.29, 0.717) is 12.6 Å². The predicted octanol–water partition coefficient (Wildman–Crippen LogP) is 1.92. The molecule has 0 fully saturated rings. The van der Waals surface area contributed by atoms with Gasteiger partial charge in [0.2, 0.25) is 0 Å². The van der Waals surface area contributed by atoms with E-state index in [1.54, 1.807) is 0 Å². The molecule has 0 spiro atoms. The van der Waals surface area contributed by atoms with Crippen LogP contribution in [0, 0.1) is 6.92 Å². The summed E-state index contributed by atoms with van der Waals surface area (Å²) < 4.78 is 5.69. The van der Waals surface area contributed by atoms with Gasteiger partial charge in [-0.1, -0.05) is 12.1 Å². The Morgan fingerprint density at radius 3 is 2.88 bits per heavy atom. The highest BCUT2D eigenvalue weighted by molar-refractivity contribution is 5.78. The molecular weight excluding hydrogens is 202 g/mol. The molecule has 2 aromatic rings. The Kier molecular flexibility index (Phi) is 2.83. The average Bonchev–Trinajstić information content (AvgIpc) is 2.72. The van der Waals surface area contributed by atoms with Crippen molar-refractivity contribution in [2.24, 2.45) is 5.73 Å². The van der Waals surface area contributed by atoms with Gasteiger partial charge in [0, 0.05) is 19.6 Å². The summed E-state index contributed by atoms with van der Waals surface area (Å²) in [5.74, 6) is 0. The Labute approximate surface area is 95.1 Å². The largest absolute Gasteiger partial charge is 0.423 e. The summed E-state index contributed by atoms with van der Waals surface area (Å²) in [6.45, 7) is 4.65. The molecule has 0 aliphatic carbocycles. The fourth-order valence-corrected chi connectivity index (χ4v) is 1.57. The lowest BCUT2D eigenvalue weighted by Crippen LogP contribution is -2.35. The second-order valence-electron chi connectivity index (χ2n) is 4.11. The van der Waals surface area contributed by atoms with Crippen molar-refractivity contribution in [1.29, 1.82) is 0 Å². The molecule has 0 radical (unpaired) electrons. The minimum Gasteiger partial charge on any atom is -0.423 e. The van der Waals surface area contributed by atoms with Crippen molar-refractivity contribution < 1.29 is 4.42 Å². The molecule has 16 heavy (non-hydrogen) atoms. The Morgan fingerprint density at radius 1 is 1.50 bits per heavy atom. The first-order valence-electron chi connectivity index (χ1n) is 5.42. The zero-order valence-electron chi connectivity index (χ0n) is 9.90. The number of hydrogen-bond donors (Lipinski definition) is 1. The van der Waals surface area contributed by atoms with E-state index in [1.807, 2.05) is 44.0 Å². The number of aromatic nitrogens is 1. The first kappa shape index (κ1) is 11.0. The Bertz CT molecular complexity index is 492. The summed E-state index contributed by atoms with van der Waals surface area (Å²) in [4.78, 5) is 6.44. The van der Waals surface area contributed by atoms with Gasteiger partial charge in [-0.05, 0) is 25.5 Å². The fraction of sp³-hybridized carbons (Fsp3) is 0.417. The highest BCUT2D eigenvalue weighted by Crippen LogP contribution is 2.24. The van der Waals surface area contributed by atoms with Crippen molar-refractivity contribution in [2.75, 3.05) is 18.5 Å². The fourth-order valence-electron chi connectivity index (χ4n) is 1.57. The monoisotopic (exact) mass is 219 g/mol. The van der Waals surface area contributed by atoms with Crippen molar-refractivity contribution >= 4 is 17.1 Å². The number of fused-ring (bicyclic) bond motifs is 1. The third kappa shape index (κ3) is 1.76. The maximum atomic E-state index is 5.69. The van der Waals surface area contributed by atoms with Gasteiger partial charge in [-0.25, -0.2) is 0 Å². The third-order valence-electron chi connectivity index (χ3n) is 2.91. The number of para-hydroxylation sites is 1. The lowest BCUT2D eigenvalue weighted by atomic mass is 10.2.